The molecule has 0 bridgehead atoms. The molecule has 1 heterocycles. The van der Waals surface area contributed by atoms with E-state index in [0.29, 0.717) is 12.3 Å². The first-order valence-electron chi connectivity index (χ1n) is 7.27. The highest BCUT2D eigenvalue weighted by Gasteiger charge is 2.15. The number of para-hydroxylation sites is 2. The molecule has 0 saturated heterocycles. The SMILES string of the molecule is CCC(C)CC(O)Cc1nc2ccccc2n1CC. The number of aliphatic hydroxyl groups is 1. The molecular weight excluding hydrogens is 236 g/mol. The van der Waals surface area contributed by atoms with Crippen molar-refractivity contribution in [3.05, 3.63) is 30.1 Å². The standard InChI is InChI=1S/C16H24N2O/c1-4-12(3)10-13(19)11-16-17-14-8-6-7-9-15(14)18(16)5-2/h6-9,12-13,19H,4-5,10-11H2,1-3H3. The average molecular weight is 260 g/mol. The van der Waals surface area contributed by atoms with Gasteiger partial charge in [-0.2, -0.15) is 0 Å². The van der Waals surface area contributed by atoms with Gasteiger partial charge in [-0.1, -0.05) is 32.4 Å². The fraction of sp³-hybridized carbons (Fsp3) is 0.562. The van der Waals surface area contributed by atoms with Crippen LogP contribution in [-0.4, -0.2) is 20.8 Å². The molecule has 1 aromatic heterocycles. The Morgan fingerprint density at radius 2 is 2.00 bits per heavy atom. The number of fused-ring (bicyclic) bond motifs is 1. The van der Waals surface area contributed by atoms with Crippen molar-refractivity contribution >= 4 is 11.0 Å². The van der Waals surface area contributed by atoms with Crippen LogP contribution in [0.3, 0.4) is 0 Å². The quantitative estimate of drug-likeness (QED) is 0.864. The maximum Gasteiger partial charge on any atom is 0.112 e. The largest absolute Gasteiger partial charge is 0.393 e. The van der Waals surface area contributed by atoms with Crippen LogP contribution in [0, 0.1) is 5.92 Å². The zero-order chi connectivity index (χ0) is 13.8. The second-order valence-electron chi connectivity index (χ2n) is 5.37. The molecule has 0 aliphatic heterocycles. The van der Waals surface area contributed by atoms with Gasteiger partial charge in [0.15, 0.2) is 0 Å². The van der Waals surface area contributed by atoms with E-state index >= 15 is 0 Å². The molecule has 0 amide bonds. The normalized spacial score (nSPS) is 14.7. The summed E-state index contributed by atoms with van der Waals surface area (Å²) in [5.74, 6) is 1.56. The van der Waals surface area contributed by atoms with Crippen molar-refractivity contribution in [2.75, 3.05) is 0 Å². The zero-order valence-electron chi connectivity index (χ0n) is 12.1. The average Bonchev–Trinajstić information content (AvgIpc) is 2.75. The Labute approximate surface area is 115 Å². The summed E-state index contributed by atoms with van der Waals surface area (Å²) in [6, 6.07) is 8.17. The van der Waals surface area contributed by atoms with E-state index in [0.717, 1.165) is 36.2 Å². The number of nitrogens with zero attached hydrogens (tertiary/aromatic N) is 2. The minimum Gasteiger partial charge on any atom is -0.393 e. The summed E-state index contributed by atoms with van der Waals surface area (Å²) < 4.78 is 2.20. The van der Waals surface area contributed by atoms with Crippen LogP contribution in [0.25, 0.3) is 11.0 Å². The van der Waals surface area contributed by atoms with Crippen LogP contribution < -0.4 is 0 Å². The summed E-state index contributed by atoms with van der Waals surface area (Å²) in [4.78, 5) is 4.66. The van der Waals surface area contributed by atoms with Gasteiger partial charge in [0.05, 0.1) is 17.1 Å². The number of imidazole rings is 1. The van der Waals surface area contributed by atoms with Gasteiger partial charge in [-0.25, -0.2) is 4.98 Å². The van der Waals surface area contributed by atoms with E-state index < -0.39 is 0 Å². The van der Waals surface area contributed by atoms with Crippen molar-refractivity contribution in [3.63, 3.8) is 0 Å². The molecule has 3 nitrogen and oxygen atoms in total. The molecule has 0 saturated carbocycles. The van der Waals surface area contributed by atoms with Gasteiger partial charge in [-0.3, -0.25) is 0 Å². The molecule has 0 spiro atoms. The van der Waals surface area contributed by atoms with E-state index in [9.17, 15) is 5.11 Å². The van der Waals surface area contributed by atoms with Gasteiger partial charge in [-0.05, 0) is 31.4 Å². The maximum atomic E-state index is 10.2. The Balaban J connectivity index is 2.20. The second-order valence-corrected chi connectivity index (χ2v) is 5.37. The Hall–Kier alpha value is -1.35. The molecule has 0 aliphatic rings. The van der Waals surface area contributed by atoms with E-state index in [1.165, 1.54) is 0 Å². The molecular formula is C16H24N2O. The number of hydrogen-bond acceptors (Lipinski definition) is 2. The first-order valence-corrected chi connectivity index (χ1v) is 7.27. The highest BCUT2D eigenvalue weighted by Crippen LogP contribution is 2.19. The van der Waals surface area contributed by atoms with Crippen molar-refractivity contribution in [2.45, 2.75) is 52.7 Å². The van der Waals surface area contributed by atoms with Gasteiger partial charge in [0.1, 0.15) is 5.82 Å². The predicted molar refractivity (Wildman–Crippen MR) is 79.2 cm³/mol. The van der Waals surface area contributed by atoms with Gasteiger partial charge in [0.25, 0.3) is 0 Å². The summed E-state index contributed by atoms with van der Waals surface area (Å²) in [6.45, 7) is 7.37. The van der Waals surface area contributed by atoms with Gasteiger partial charge in [0, 0.05) is 13.0 Å². The molecule has 0 aliphatic carbocycles. The summed E-state index contributed by atoms with van der Waals surface area (Å²) in [5, 5.41) is 10.2. The topological polar surface area (TPSA) is 38.1 Å². The summed E-state index contributed by atoms with van der Waals surface area (Å²) in [5.41, 5.74) is 2.19. The van der Waals surface area contributed by atoms with Crippen LogP contribution in [0.5, 0.6) is 0 Å². The highest BCUT2D eigenvalue weighted by molar-refractivity contribution is 5.75. The number of aryl methyl sites for hydroxylation is 1. The molecule has 2 unspecified atom stereocenters. The Bertz CT molecular complexity index is 533. The van der Waals surface area contributed by atoms with Gasteiger partial charge in [-0.15, -0.1) is 0 Å². The monoisotopic (exact) mass is 260 g/mol. The van der Waals surface area contributed by atoms with E-state index in [2.05, 4.69) is 36.4 Å². The van der Waals surface area contributed by atoms with Crippen molar-refractivity contribution in [1.82, 2.24) is 9.55 Å². The van der Waals surface area contributed by atoms with Gasteiger partial charge >= 0.3 is 0 Å². The minimum absolute atomic E-state index is 0.294. The van der Waals surface area contributed by atoms with Crippen molar-refractivity contribution in [2.24, 2.45) is 5.92 Å². The van der Waals surface area contributed by atoms with E-state index in [1.807, 2.05) is 18.2 Å². The lowest BCUT2D eigenvalue weighted by Crippen LogP contribution is -2.17. The number of hydrogen-bond donors (Lipinski definition) is 1. The lowest BCUT2D eigenvalue weighted by atomic mass is 9.99. The number of aromatic nitrogens is 2. The second kappa shape index (κ2) is 6.20. The number of aliphatic hydroxyl groups excluding tert-OH is 1. The lowest BCUT2D eigenvalue weighted by Gasteiger charge is -2.15. The molecule has 1 N–H and O–H groups in total. The van der Waals surface area contributed by atoms with Crippen LogP contribution in [0.15, 0.2) is 24.3 Å². The summed E-state index contributed by atoms with van der Waals surface area (Å²) >= 11 is 0. The fourth-order valence-electron chi connectivity index (χ4n) is 2.56. The van der Waals surface area contributed by atoms with Crippen LogP contribution in [-0.2, 0) is 13.0 Å². The molecule has 19 heavy (non-hydrogen) atoms. The van der Waals surface area contributed by atoms with Crippen LogP contribution in [0.1, 0.15) is 39.4 Å². The first kappa shape index (κ1) is 14.1. The van der Waals surface area contributed by atoms with Gasteiger partial charge in [0.2, 0.25) is 0 Å². The Morgan fingerprint density at radius 3 is 2.68 bits per heavy atom. The van der Waals surface area contributed by atoms with Crippen LogP contribution in [0.4, 0.5) is 0 Å². The molecule has 2 aromatic rings. The third-order valence-electron chi connectivity index (χ3n) is 3.84. The Morgan fingerprint density at radius 1 is 1.26 bits per heavy atom. The molecule has 0 radical (unpaired) electrons. The predicted octanol–water partition coefficient (Wildman–Crippen LogP) is 3.40. The third-order valence-corrected chi connectivity index (χ3v) is 3.84. The number of rotatable bonds is 6. The molecule has 3 heteroatoms. The maximum absolute atomic E-state index is 10.2. The van der Waals surface area contributed by atoms with E-state index in [4.69, 9.17) is 0 Å². The molecule has 1 aromatic carbocycles. The molecule has 0 fully saturated rings. The summed E-state index contributed by atoms with van der Waals surface area (Å²) in [7, 11) is 0. The highest BCUT2D eigenvalue weighted by atomic mass is 16.3. The van der Waals surface area contributed by atoms with Gasteiger partial charge < -0.3 is 9.67 Å². The van der Waals surface area contributed by atoms with Crippen LogP contribution >= 0.6 is 0 Å². The number of benzene rings is 1. The minimum atomic E-state index is -0.294. The smallest absolute Gasteiger partial charge is 0.112 e. The van der Waals surface area contributed by atoms with Crippen molar-refractivity contribution in [3.8, 4) is 0 Å². The lowest BCUT2D eigenvalue weighted by molar-refractivity contribution is 0.141. The third kappa shape index (κ3) is 3.16. The van der Waals surface area contributed by atoms with Crippen molar-refractivity contribution < 1.29 is 5.11 Å². The molecule has 2 rings (SSSR count). The van der Waals surface area contributed by atoms with E-state index in [1.54, 1.807) is 0 Å². The molecule has 2 atom stereocenters. The molecule has 104 valence electrons. The van der Waals surface area contributed by atoms with Crippen LogP contribution in [0.2, 0.25) is 0 Å². The Kier molecular flexibility index (Phi) is 4.59. The van der Waals surface area contributed by atoms with Crippen molar-refractivity contribution in [1.29, 1.82) is 0 Å². The summed E-state index contributed by atoms with van der Waals surface area (Å²) in [6.07, 6.45) is 2.31. The zero-order valence-corrected chi connectivity index (χ0v) is 12.1. The first-order chi connectivity index (χ1) is 9.15. The fourth-order valence-corrected chi connectivity index (χ4v) is 2.56. The van der Waals surface area contributed by atoms with E-state index in [-0.39, 0.29) is 6.10 Å².